The number of aryl methyl sites for hydroxylation is 1. The first kappa shape index (κ1) is 13.1. The van der Waals surface area contributed by atoms with Crippen LogP contribution in [0, 0.1) is 0 Å². The molecule has 1 saturated heterocycles. The van der Waals surface area contributed by atoms with Crippen molar-refractivity contribution in [2.75, 3.05) is 6.54 Å². The molecule has 0 spiro atoms. The topological polar surface area (TPSA) is 106 Å². The van der Waals surface area contributed by atoms with Crippen molar-refractivity contribution in [2.24, 2.45) is 12.8 Å². The van der Waals surface area contributed by atoms with E-state index in [1.54, 1.807) is 7.05 Å². The van der Waals surface area contributed by atoms with Crippen molar-refractivity contribution >= 4 is 17.8 Å². The van der Waals surface area contributed by atoms with Gasteiger partial charge in [-0.05, 0) is 18.9 Å². The maximum absolute atomic E-state index is 12.3. The lowest BCUT2D eigenvalue weighted by molar-refractivity contribution is -0.141. The predicted octanol–water partition coefficient (Wildman–Crippen LogP) is -0.187. The quantitative estimate of drug-likeness (QED) is 0.790. The second-order valence-electron chi connectivity index (χ2n) is 4.58. The van der Waals surface area contributed by atoms with Crippen molar-refractivity contribution in [2.45, 2.75) is 18.9 Å². The summed E-state index contributed by atoms with van der Waals surface area (Å²) in [5.74, 6) is -2.01. The standard InChI is InChI=1S/C12H15N3O4/c1-14-6-7(10(13)16)5-9(14)11(17)15-4-2-3-8(15)12(18)19/h5-6,8H,2-4H2,1H3,(H2,13,16)(H,18,19). The molecule has 1 fully saturated rings. The summed E-state index contributed by atoms with van der Waals surface area (Å²) in [6.45, 7) is 0.410. The highest BCUT2D eigenvalue weighted by molar-refractivity contribution is 6.00. The molecule has 1 aliphatic heterocycles. The molecule has 1 atom stereocenters. The normalized spacial score (nSPS) is 18.6. The number of rotatable bonds is 3. The van der Waals surface area contributed by atoms with Crippen molar-refractivity contribution in [1.29, 1.82) is 0 Å². The number of hydrogen-bond acceptors (Lipinski definition) is 3. The molecule has 7 nitrogen and oxygen atoms in total. The summed E-state index contributed by atoms with van der Waals surface area (Å²) in [6.07, 6.45) is 2.57. The summed E-state index contributed by atoms with van der Waals surface area (Å²) >= 11 is 0. The van der Waals surface area contributed by atoms with Gasteiger partial charge < -0.3 is 20.3 Å². The van der Waals surface area contributed by atoms with Crippen LogP contribution < -0.4 is 5.73 Å². The van der Waals surface area contributed by atoms with Crippen molar-refractivity contribution < 1.29 is 19.5 Å². The van der Waals surface area contributed by atoms with Crippen LogP contribution in [0.3, 0.4) is 0 Å². The number of carbonyl (C=O) groups excluding carboxylic acids is 2. The van der Waals surface area contributed by atoms with Gasteiger partial charge in [-0.25, -0.2) is 4.79 Å². The van der Waals surface area contributed by atoms with E-state index in [4.69, 9.17) is 10.8 Å². The zero-order valence-corrected chi connectivity index (χ0v) is 10.5. The number of aliphatic carboxylic acids is 1. The van der Waals surface area contributed by atoms with Crippen LogP contribution in [0.2, 0.25) is 0 Å². The first-order valence-electron chi connectivity index (χ1n) is 5.91. The molecule has 0 aliphatic carbocycles. The number of nitrogens with zero attached hydrogens (tertiary/aromatic N) is 2. The molecule has 1 aromatic heterocycles. The van der Waals surface area contributed by atoms with Gasteiger partial charge in [-0.2, -0.15) is 0 Å². The van der Waals surface area contributed by atoms with Crippen LogP contribution in [0.25, 0.3) is 0 Å². The molecular formula is C12H15N3O4. The molecule has 0 aromatic carbocycles. The molecule has 2 rings (SSSR count). The van der Waals surface area contributed by atoms with E-state index in [2.05, 4.69) is 0 Å². The third-order valence-electron chi connectivity index (χ3n) is 3.31. The van der Waals surface area contributed by atoms with Crippen molar-refractivity contribution in [3.8, 4) is 0 Å². The van der Waals surface area contributed by atoms with E-state index in [0.29, 0.717) is 19.4 Å². The Bertz CT molecular complexity index is 549. The van der Waals surface area contributed by atoms with E-state index in [0.717, 1.165) is 0 Å². The molecule has 1 aromatic rings. The summed E-state index contributed by atoms with van der Waals surface area (Å²) in [4.78, 5) is 35.8. The van der Waals surface area contributed by atoms with Crippen LogP contribution in [-0.2, 0) is 11.8 Å². The number of carboxylic acid groups (broad SMARTS) is 1. The Balaban J connectivity index is 2.29. The number of hydrogen-bond donors (Lipinski definition) is 2. The lowest BCUT2D eigenvalue weighted by Gasteiger charge is -2.21. The number of likely N-dealkylation sites (tertiary alicyclic amines) is 1. The fourth-order valence-corrected chi connectivity index (χ4v) is 2.33. The van der Waals surface area contributed by atoms with Gasteiger partial charge >= 0.3 is 5.97 Å². The average molecular weight is 265 g/mol. The van der Waals surface area contributed by atoms with E-state index in [9.17, 15) is 14.4 Å². The second-order valence-corrected chi connectivity index (χ2v) is 4.58. The highest BCUT2D eigenvalue weighted by Crippen LogP contribution is 2.21. The number of amides is 2. The van der Waals surface area contributed by atoms with Crippen LogP contribution in [0.4, 0.5) is 0 Å². The van der Waals surface area contributed by atoms with E-state index in [1.165, 1.54) is 21.7 Å². The van der Waals surface area contributed by atoms with Gasteiger partial charge in [0.25, 0.3) is 5.91 Å². The molecule has 7 heteroatoms. The Labute approximate surface area is 109 Å². The molecule has 2 heterocycles. The third kappa shape index (κ3) is 2.31. The Kier molecular flexibility index (Phi) is 3.28. The molecule has 3 N–H and O–H groups in total. The van der Waals surface area contributed by atoms with E-state index >= 15 is 0 Å². The van der Waals surface area contributed by atoms with Gasteiger partial charge in [-0.1, -0.05) is 0 Å². The zero-order chi connectivity index (χ0) is 14.2. The highest BCUT2D eigenvalue weighted by Gasteiger charge is 2.35. The first-order valence-corrected chi connectivity index (χ1v) is 5.91. The predicted molar refractivity (Wildman–Crippen MR) is 65.6 cm³/mol. The molecular weight excluding hydrogens is 250 g/mol. The Hall–Kier alpha value is -2.31. The zero-order valence-electron chi connectivity index (χ0n) is 10.5. The van der Waals surface area contributed by atoms with Gasteiger partial charge in [0.1, 0.15) is 11.7 Å². The maximum Gasteiger partial charge on any atom is 0.326 e. The van der Waals surface area contributed by atoms with Crippen LogP contribution in [-0.4, -0.2) is 44.9 Å². The van der Waals surface area contributed by atoms with Gasteiger partial charge in [0.2, 0.25) is 5.91 Å². The third-order valence-corrected chi connectivity index (χ3v) is 3.31. The lowest BCUT2D eigenvalue weighted by atomic mass is 10.2. The number of carbonyl (C=O) groups is 3. The van der Waals surface area contributed by atoms with Crippen molar-refractivity contribution in [1.82, 2.24) is 9.47 Å². The minimum Gasteiger partial charge on any atom is -0.480 e. The first-order chi connectivity index (χ1) is 8.91. The smallest absolute Gasteiger partial charge is 0.326 e. The Morgan fingerprint density at radius 3 is 2.63 bits per heavy atom. The summed E-state index contributed by atoms with van der Waals surface area (Å²) in [5, 5.41) is 9.07. The summed E-state index contributed by atoms with van der Waals surface area (Å²) in [7, 11) is 1.62. The largest absolute Gasteiger partial charge is 0.480 e. The number of nitrogens with two attached hydrogens (primary N) is 1. The molecule has 1 unspecified atom stereocenters. The van der Waals surface area contributed by atoms with E-state index < -0.39 is 17.9 Å². The van der Waals surface area contributed by atoms with Gasteiger partial charge in [0, 0.05) is 19.8 Å². The molecule has 0 saturated carbocycles. The second kappa shape index (κ2) is 4.75. The van der Waals surface area contributed by atoms with Gasteiger partial charge in [0.15, 0.2) is 0 Å². The monoisotopic (exact) mass is 265 g/mol. The van der Waals surface area contributed by atoms with Crippen LogP contribution in [0.5, 0.6) is 0 Å². The van der Waals surface area contributed by atoms with Gasteiger partial charge in [0.05, 0.1) is 5.56 Å². The molecule has 0 radical (unpaired) electrons. The minimum absolute atomic E-state index is 0.233. The Morgan fingerprint density at radius 1 is 1.42 bits per heavy atom. The fourth-order valence-electron chi connectivity index (χ4n) is 2.33. The average Bonchev–Trinajstić information content (AvgIpc) is 2.93. The van der Waals surface area contributed by atoms with Crippen molar-refractivity contribution in [3.05, 3.63) is 23.5 Å². The highest BCUT2D eigenvalue weighted by atomic mass is 16.4. The van der Waals surface area contributed by atoms with Crippen LogP contribution in [0.15, 0.2) is 12.3 Å². The Morgan fingerprint density at radius 2 is 2.11 bits per heavy atom. The number of aromatic nitrogens is 1. The fraction of sp³-hybridized carbons (Fsp3) is 0.417. The van der Waals surface area contributed by atoms with Crippen molar-refractivity contribution in [3.63, 3.8) is 0 Å². The molecule has 2 amide bonds. The minimum atomic E-state index is -1.00. The number of primary amides is 1. The summed E-state index contributed by atoms with van der Waals surface area (Å²) in [6, 6.07) is 0.599. The molecule has 1 aliphatic rings. The van der Waals surface area contributed by atoms with Gasteiger partial charge in [-0.3, -0.25) is 9.59 Å². The molecule has 0 bridgehead atoms. The number of carboxylic acids is 1. The summed E-state index contributed by atoms with van der Waals surface area (Å²) < 4.78 is 1.49. The maximum atomic E-state index is 12.3. The molecule has 102 valence electrons. The van der Waals surface area contributed by atoms with Gasteiger partial charge in [-0.15, -0.1) is 0 Å². The van der Waals surface area contributed by atoms with E-state index in [-0.39, 0.29) is 17.2 Å². The molecule has 19 heavy (non-hydrogen) atoms. The van der Waals surface area contributed by atoms with Crippen LogP contribution >= 0.6 is 0 Å². The van der Waals surface area contributed by atoms with Crippen LogP contribution in [0.1, 0.15) is 33.7 Å². The summed E-state index contributed by atoms with van der Waals surface area (Å²) in [5.41, 5.74) is 5.65. The van der Waals surface area contributed by atoms with E-state index in [1.807, 2.05) is 0 Å². The SMILES string of the molecule is Cn1cc(C(N)=O)cc1C(=O)N1CCCC1C(=O)O. The lowest BCUT2D eigenvalue weighted by Crippen LogP contribution is -2.41.